The fourth-order valence-corrected chi connectivity index (χ4v) is 7.57. The lowest BCUT2D eigenvalue weighted by Gasteiger charge is -2.60. The van der Waals surface area contributed by atoms with Gasteiger partial charge in [0.15, 0.2) is 11.6 Å². The number of allylic oxidation sites excluding steroid dienone is 4. The molecule has 0 unspecified atom stereocenters. The average molecular weight is 417 g/mol. The molecule has 8 atom stereocenters. The van der Waals surface area contributed by atoms with Crippen molar-refractivity contribution in [2.45, 2.75) is 78.1 Å². The number of ether oxygens (including phenoxy) is 1. The summed E-state index contributed by atoms with van der Waals surface area (Å²) in [5.41, 5.74) is -1.37. The molecule has 0 aromatic rings. The van der Waals surface area contributed by atoms with Crippen molar-refractivity contribution >= 4 is 11.6 Å². The summed E-state index contributed by atoms with van der Waals surface area (Å²) in [6.07, 6.45) is 7.14. The number of hydrogen-bond acceptors (Lipinski definition) is 5. The van der Waals surface area contributed by atoms with E-state index in [0.717, 1.165) is 18.4 Å². The third-order valence-corrected chi connectivity index (χ3v) is 8.98. The molecule has 0 saturated heterocycles. The van der Waals surface area contributed by atoms with Crippen LogP contribution in [-0.4, -0.2) is 46.2 Å². The molecule has 0 aromatic heterocycles. The number of fused-ring (bicyclic) bond motifs is 5. The van der Waals surface area contributed by atoms with Crippen molar-refractivity contribution in [3.63, 3.8) is 0 Å². The number of ketones is 2. The molecule has 0 aliphatic heterocycles. The Kier molecular flexibility index (Phi) is 5.19. The van der Waals surface area contributed by atoms with Crippen LogP contribution >= 0.6 is 0 Å². The SMILES string of the molecule is CC(C)OCC(=O)[C@@]1(O)CC[C@H]2[C@@H]3C[C@H](C)C4=CC(=O)C=C[C@]4(C)[C@H]3[C@@H](O)C[C@@]21C. The van der Waals surface area contributed by atoms with Crippen LogP contribution in [0.4, 0.5) is 0 Å². The van der Waals surface area contributed by atoms with E-state index in [9.17, 15) is 19.8 Å². The molecule has 0 spiro atoms. The van der Waals surface area contributed by atoms with E-state index in [4.69, 9.17) is 4.74 Å². The number of carbonyl (C=O) groups excluding carboxylic acids is 2. The normalized spacial score (nSPS) is 47.5. The summed E-state index contributed by atoms with van der Waals surface area (Å²) < 4.78 is 5.53. The molecular formula is C25H36O5. The molecule has 5 heteroatoms. The average Bonchev–Trinajstić information content (AvgIpc) is 2.93. The summed E-state index contributed by atoms with van der Waals surface area (Å²) in [6, 6.07) is 0. The molecule has 0 bridgehead atoms. The maximum Gasteiger partial charge on any atom is 0.190 e. The summed E-state index contributed by atoms with van der Waals surface area (Å²) >= 11 is 0. The molecule has 166 valence electrons. The van der Waals surface area contributed by atoms with Gasteiger partial charge in [0, 0.05) is 16.7 Å². The third-order valence-electron chi connectivity index (χ3n) is 8.98. The van der Waals surface area contributed by atoms with Crippen molar-refractivity contribution in [1.29, 1.82) is 0 Å². The first kappa shape index (κ1) is 21.9. The molecule has 0 heterocycles. The number of aliphatic hydroxyl groups is 2. The summed E-state index contributed by atoms with van der Waals surface area (Å²) in [5.74, 6) is 0.340. The molecule has 0 radical (unpaired) electrons. The molecule has 0 aromatic carbocycles. The summed E-state index contributed by atoms with van der Waals surface area (Å²) in [5, 5.41) is 23.0. The Bertz CT molecular complexity index is 812. The second-order valence-electron chi connectivity index (χ2n) is 10.9. The van der Waals surface area contributed by atoms with Crippen LogP contribution in [0.15, 0.2) is 23.8 Å². The minimum atomic E-state index is -1.46. The van der Waals surface area contributed by atoms with Gasteiger partial charge < -0.3 is 14.9 Å². The predicted molar refractivity (Wildman–Crippen MR) is 114 cm³/mol. The van der Waals surface area contributed by atoms with Gasteiger partial charge in [0.2, 0.25) is 0 Å². The van der Waals surface area contributed by atoms with Gasteiger partial charge in [0.05, 0.1) is 12.2 Å². The van der Waals surface area contributed by atoms with Crippen molar-refractivity contribution in [3.8, 4) is 0 Å². The van der Waals surface area contributed by atoms with Gasteiger partial charge in [0.25, 0.3) is 0 Å². The number of aliphatic hydroxyl groups excluding tert-OH is 1. The summed E-state index contributed by atoms with van der Waals surface area (Å²) in [4.78, 5) is 25.1. The number of carbonyl (C=O) groups is 2. The molecule has 3 fully saturated rings. The van der Waals surface area contributed by atoms with Crippen LogP contribution in [0.3, 0.4) is 0 Å². The highest BCUT2D eigenvalue weighted by atomic mass is 16.5. The largest absolute Gasteiger partial charge is 0.393 e. The Balaban J connectivity index is 1.69. The highest BCUT2D eigenvalue weighted by molar-refractivity contribution is 6.01. The fourth-order valence-electron chi connectivity index (χ4n) is 7.57. The Morgan fingerprint density at radius 1 is 1.33 bits per heavy atom. The Hall–Kier alpha value is -1.30. The molecule has 4 rings (SSSR count). The zero-order chi connectivity index (χ0) is 22.1. The zero-order valence-electron chi connectivity index (χ0n) is 18.9. The summed E-state index contributed by atoms with van der Waals surface area (Å²) in [7, 11) is 0. The molecule has 3 saturated carbocycles. The van der Waals surface area contributed by atoms with Crippen molar-refractivity contribution in [3.05, 3.63) is 23.8 Å². The van der Waals surface area contributed by atoms with E-state index < -0.39 is 17.1 Å². The highest BCUT2D eigenvalue weighted by Crippen LogP contribution is 2.67. The van der Waals surface area contributed by atoms with Crippen LogP contribution in [0, 0.1) is 34.5 Å². The van der Waals surface area contributed by atoms with E-state index in [1.165, 1.54) is 0 Å². The molecule has 2 N–H and O–H groups in total. The van der Waals surface area contributed by atoms with Crippen LogP contribution in [-0.2, 0) is 14.3 Å². The van der Waals surface area contributed by atoms with Crippen molar-refractivity contribution < 1.29 is 24.5 Å². The van der Waals surface area contributed by atoms with Gasteiger partial charge in [-0.2, -0.15) is 0 Å². The van der Waals surface area contributed by atoms with Gasteiger partial charge in [-0.25, -0.2) is 0 Å². The van der Waals surface area contributed by atoms with E-state index in [2.05, 4.69) is 13.8 Å². The maximum atomic E-state index is 13.1. The second kappa shape index (κ2) is 7.11. The Labute approximate surface area is 179 Å². The quantitative estimate of drug-likeness (QED) is 0.735. The third kappa shape index (κ3) is 2.92. The van der Waals surface area contributed by atoms with E-state index in [0.29, 0.717) is 12.8 Å². The van der Waals surface area contributed by atoms with Crippen LogP contribution in [0.25, 0.3) is 0 Å². The molecule has 0 amide bonds. The van der Waals surface area contributed by atoms with Crippen LogP contribution in [0.2, 0.25) is 0 Å². The number of Topliss-reactive ketones (excluding diaryl/α,β-unsaturated/α-hetero) is 1. The zero-order valence-corrected chi connectivity index (χ0v) is 18.9. The topological polar surface area (TPSA) is 83.8 Å². The predicted octanol–water partition coefficient (Wildman–Crippen LogP) is 3.24. The van der Waals surface area contributed by atoms with E-state index >= 15 is 0 Å². The van der Waals surface area contributed by atoms with E-state index in [-0.39, 0.29) is 53.4 Å². The molecule has 5 nitrogen and oxygen atoms in total. The summed E-state index contributed by atoms with van der Waals surface area (Å²) in [6.45, 7) is 9.96. The molecular weight excluding hydrogens is 380 g/mol. The first-order valence-electron chi connectivity index (χ1n) is 11.4. The van der Waals surface area contributed by atoms with Crippen LogP contribution in [0.1, 0.15) is 60.3 Å². The first-order chi connectivity index (χ1) is 13.9. The second-order valence-corrected chi connectivity index (χ2v) is 10.9. The van der Waals surface area contributed by atoms with E-state index in [1.54, 1.807) is 12.2 Å². The van der Waals surface area contributed by atoms with Crippen molar-refractivity contribution in [2.75, 3.05) is 6.61 Å². The molecule has 4 aliphatic rings. The highest BCUT2D eigenvalue weighted by Gasteiger charge is 2.68. The first-order valence-corrected chi connectivity index (χ1v) is 11.4. The Morgan fingerprint density at radius 2 is 2.03 bits per heavy atom. The van der Waals surface area contributed by atoms with E-state index in [1.807, 2.05) is 26.8 Å². The monoisotopic (exact) mass is 416 g/mol. The van der Waals surface area contributed by atoms with Crippen LogP contribution in [0.5, 0.6) is 0 Å². The fraction of sp³-hybridized carbons (Fsp3) is 0.760. The number of rotatable bonds is 4. The maximum absolute atomic E-state index is 13.1. The smallest absolute Gasteiger partial charge is 0.190 e. The van der Waals surface area contributed by atoms with Gasteiger partial charge >= 0.3 is 0 Å². The van der Waals surface area contributed by atoms with Crippen molar-refractivity contribution in [1.82, 2.24) is 0 Å². The lowest BCUT2D eigenvalue weighted by Crippen LogP contribution is -2.62. The van der Waals surface area contributed by atoms with Gasteiger partial charge in [-0.3, -0.25) is 9.59 Å². The minimum Gasteiger partial charge on any atom is -0.393 e. The molecule has 4 aliphatic carbocycles. The van der Waals surface area contributed by atoms with Crippen molar-refractivity contribution in [2.24, 2.45) is 34.5 Å². The lowest BCUT2D eigenvalue weighted by atomic mass is 9.45. The van der Waals surface area contributed by atoms with Gasteiger partial charge in [-0.15, -0.1) is 0 Å². The minimum absolute atomic E-state index is 0.00765. The standard InChI is InChI=1S/C25H36O5/c1-14(2)30-13-21(28)25(29)9-7-18-17-10-15(3)19-11-16(26)6-8-23(19,4)22(17)20(27)12-24(18,25)5/h6,8,11,14-15,17-18,20,22,27,29H,7,9-10,12-13H2,1-5H3/t15-,17-,18-,20-,22+,23-,24-,25-/m0/s1. The number of hydrogen-bond donors (Lipinski definition) is 2. The van der Waals surface area contributed by atoms with Crippen LogP contribution < -0.4 is 0 Å². The van der Waals surface area contributed by atoms with Gasteiger partial charge in [0.1, 0.15) is 12.2 Å². The molecule has 30 heavy (non-hydrogen) atoms. The van der Waals surface area contributed by atoms with Gasteiger partial charge in [-0.1, -0.05) is 32.4 Å². The van der Waals surface area contributed by atoms with Gasteiger partial charge in [-0.05, 0) is 69.4 Å². The lowest BCUT2D eigenvalue weighted by molar-refractivity contribution is -0.182. The Morgan fingerprint density at radius 3 is 2.70 bits per heavy atom.